The first kappa shape index (κ1) is 20.6. The third-order valence-electron chi connectivity index (χ3n) is 4.21. The SMILES string of the molecule is COc1cc(/C=N/NC(=O)COc2ccc3ccccc3c2)c([N+](=O)[O-])cc1OC. The number of rotatable bonds is 8. The van der Waals surface area contributed by atoms with Gasteiger partial charge in [0.1, 0.15) is 5.75 Å². The number of ether oxygens (including phenoxy) is 3. The molecule has 154 valence electrons. The molecule has 0 unspecified atom stereocenters. The van der Waals surface area contributed by atoms with Crippen LogP contribution < -0.4 is 19.6 Å². The molecular weight excluding hydrogens is 390 g/mol. The summed E-state index contributed by atoms with van der Waals surface area (Å²) < 4.78 is 15.7. The first-order chi connectivity index (χ1) is 14.5. The van der Waals surface area contributed by atoms with Crippen LogP contribution in [0.5, 0.6) is 17.2 Å². The summed E-state index contributed by atoms with van der Waals surface area (Å²) in [4.78, 5) is 22.7. The van der Waals surface area contributed by atoms with Crippen LogP contribution in [-0.2, 0) is 4.79 Å². The molecule has 0 saturated heterocycles. The fraction of sp³-hybridized carbons (Fsp3) is 0.143. The second-order valence-electron chi connectivity index (χ2n) is 6.11. The van der Waals surface area contributed by atoms with Crippen LogP contribution >= 0.6 is 0 Å². The maximum Gasteiger partial charge on any atom is 0.282 e. The molecule has 0 aliphatic heterocycles. The Morgan fingerprint density at radius 2 is 1.77 bits per heavy atom. The first-order valence-corrected chi connectivity index (χ1v) is 8.85. The van der Waals surface area contributed by atoms with Crippen LogP contribution in [0.4, 0.5) is 5.69 Å². The van der Waals surface area contributed by atoms with E-state index in [-0.39, 0.29) is 23.6 Å². The van der Waals surface area contributed by atoms with E-state index in [1.165, 1.54) is 26.4 Å². The van der Waals surface area contributed by atoms with Gasteiger partial charge in [0.05, 0.1) is 37.0 Å². The van der Waals surface area contributed by atoms with Crippen molar-refractivity contribution in [1.29, 1.82) is 0 Å². The third kappa shape index (κ3) is 4.82. The Hall–Kier alpha value is -4.14. The number of benzene rings is 3. The minimum Gasteiger partial charge on any atom is -0.493 e. The topological polar surface area (TPSA) is 112 Å². The number of nitrogens with one attached hydrogen (secondary N) is 1. The lowest BCUT2D eigenvalue weighted by Gasteiger charge is -2.08. The molecule has 3 aromatic carbocycles. The molecule has 9 nitrogen and oxygen atoms in total. The van der Waals surface area contributed by atoms with Crippen LogP contribution in [0.1, 0.15) is 5.56 Å². The summed E-state index contributed by atoms with van der Waals surface area (Å²) in [6, 6.07) is 15.9. The van der Waals surface area contributed by atoms with Crippen molar-refractivity contribution < 1.29 is 23.9 Å². The molecule has 3 aromatic rings. The monoisotopic (exact) mass is 409 g/mol. The van der Waals surface area contributed by atoms with Crippen molar-refractivity contribution in [2.24, 2.45) is 5.10 Å². The molecule has 0 aliphatic rings. The number of hydrogen-bond donors (Lipinski definition) is 1. The molecule has 30 heavy (non-hydrogen) atoms. The van der Waals surface area contributed by atoms with Gasteiger partial charge in [-0.3, -0.25) is 14.9 Å². The number of fused-ring (bicyclic) bond motifs is 1. The van der Waals surface area contributed by atoms with Gasteiger partial charge in [0.2, 0.25) is 0 Å². The maximum absolute atomic E-state index is 12.0. The summed E-state index contributed by atoms with van der Waals surface area (Å²) in [6.07, 6.45) is 1.16. The van der Waals surface area contributed by atoms with E-state index in [4.69, 9.17) is 14.2 Å². The van der Waals surface area contributed by atoms with E-state index in [0.29, 0.717) is 11.5 Å². The van der Waals surface area contributed by atoms with Crippen molar-refractivity contribution in [3.05, 3.63) is 70.3 Å². The summed E-state index contributed by atoms with van der Waals surface area (Å²) in [5.41, 5.74) is 2.19. The molecule has 9 heteroatoms. The van der Waals surface area contributed by atoms with Gasteiger partial charge in [0.25, 0.3) is 11.6 Å². The van der Waals surface area contributed by atoms with Gasteiger partial charge in [-0.2, -0.15) is 5.10 Å². The van der Waals surface area contributed by atoms with Crippen molar-refractivity contribution in [3.63, 3.8) is 0 Å². The van der Waals surface area contributed by atoms with Crippen LogP contribution in [0.3, 0.4) is 0 Å². The van der Waals surface area contributed by atoms with E-state index in [1.807, 2.05) is 36.4 Å². The number of hydrogen-bond acceptors (Lipinski definition) is 7. The number of nitrogens with zero attached hydrogens (tertiary/aromatic N) is 2. The number of hydrazone groups is 1. The molecule has 1 amide bonds. The number of carbonyl (C=O) groups is 1. The molecule has 0 bridgehead atoms. The molecule has 0 spiro atoms. The maximum atomic E-state index is 12.0. The number of amides is 1. The molecule has 1 N–H and O–H groups in total. The van der Waals surface area contributed by atoms with E-state index in [9.17, 15) is 14.9 Å². The molecule has 3 rings (SSSR count). The van der Waals surface area contributed by atoms with Crippen LogP contribution in [0, 0.1) is 10.1 Å². The molecule has 0 aromatic heterocycles. The lowest BCUT2D eigenvalue weighted by Crippen LogP contribution is -2.24. The summed E-state index contributed by atoms with van der Waals surface area (Å²) >= 11 is 0. The van der Waals surface area contributed by atoms with E-state index >= 15 is 0 Å². The van der Waals surface area contributed by atoms with Gasteiger partial charge in [-0.1, -0.05) is 30.3 Å². The van der Waals surface area contributed by atoms with Crippen LogP contribution in [0.15, 0.2) is 59.7 Å². The van der Waals surface area contributed by atoms with E-state index in [0.717, 1.165) is 17.0 Å². The molecule has 0 saturated carbocycles. The average Bonchev–Trinajstić information content (AvgIpc) is 2.76. The Morgan fingerprint density at radius 1 is 1.07 bits per heavy atom. The number of carbonyl (C=O) groups excluding carboxylic acids is 1. The molecule has 0 heterocycles. The fourth-order valence-electron chi connectivity index (χ4n) is 2.76. The predicted octanol–water partition coefficient (Wildman–Crippen LogP) is 3.29. The molecule has 0 aliphatic carbocycles. The third-order valence-corrected chi connectivity index (χ3v) is 4.21. The first-order valence-electron chi connectivity index (χ1n) is 8.85. The van der Waals surface area contributed by atoms with E-state index in [1.54, 1.807) is 6.07 Å². The lowest BCUT2D eigenvalue weighted by atomic mass is 10.1. The molecular formula is C21H19N3O6. The van der Waals surface area contributed by atoms with Crippen molar-refractivity contribution in [2.45, 2.75) is 0 Å². The van der Waals surface area contributed by atoms with Crippen molar-refractivity contribution >= 4 is 28.6 Å². The fourth-order valence-corrected chi connectivity index (χ4v) is 2.76. The number of methoxy groups -OCH3 is 2. The Labute approximate surface area is 172 Å². The van der Waals surface area contributed by atoms with E-state index < -0.39 is 10.8 Å². The summed E-state index contributed by atoms with van der Waals surface area (Å²) in [5.74, 6) is 0.551. The quantitative estimate of drug-likeness (QED) is 0.347. The zero-order chi connectivity index (χ0) is 21.5. The smallest absolute Gasteiger partial charge is 0.282 e. The van der Waals surface area contributed by atoms with Crippen molar-refractivity contribution in [2.75, 3.05) is 20.8 Å². The second kappa shape index (κ2) is 9.37. The standard InChI is InChI=1S/C21H19N3O6/c1-28-19-10-16(18(24(26)27)11-20(19)29-2)12-22-23-21(25)13-30-17-8-7-14-5-3-4-6-15(14)9-17/h3-12H,13H2,1-2H3,(H,23,25)/b22-12+. The molecule has 0 radical (unpaired) electrons. The number of nitro benzene ring substituents is 1. The van der Waals surface area contributed by atoms with Crippen LogP contribution in [0.25, 0.3) is 10.8 Å². The van der Waals surface area contributed by atoms with Gasteiger partial charge in [-0.25, -0.2) is 5.43 Å². The zero-order valence-corrected chi connectivity index (χ0v) is 16.3. The van der Waals surface area contributed by atoms with Crippen molar-refractivity contribution in [3.8, 4) is 17.2 Å². The van der Waals surface area contributed by atoms with Gasteiger partial charge in [0.15, 0.2) is 18.1 Å². The number of nitro groups is 1. The minimum atomic E-state index is -0.575. The Bertz CT molecular complexity index is 1110. The second-order valence-corrected chi connectivity index (χ2v) is 6.11. The van der Waals surface area contributed by atoms with Crippen LogP contribution in [0.2, 0.25) is 0 Å². The van der Waals surface area contributed by atoms with Crippen LogP contribution in [-0.4, -0.2) is 37.9 Å². The highest BCUT2D eigenvalue weighted by atomic mass is 16.6. The zero-order valence-electron chi connectivity index (χ0n) is 16.3. The van der Waals surface area contributed by atoms with Gasteiger partial charge >= 0.3 is 0 Å². The summed E-state index contributed by atoms with van der Waals surface area (Å²) in [5, 5.41) is 17.1. The Kier molecular flexibility index (Phi) is 6.43. The summed E-state index contributed by atoms with van der Waals surface area (Å²) in [6.45, 7) is -0.260. The minimum absolute atomic E-state index is 0.147. The summed E-state index contributed by atoms with van der Waals surface area (Å²) in [7, 11) is 2.79. The predicted molar refractivity (Wildman–Crippen MR) is 111 cm³/mol. The molecule has 0 fully saturated rings. The highest BCUT2D eigenvalue weighted by Gasteiger charge is 2.18. The normalized spacial score (nSPS) is 10.7. The largest absolute Gasteiger partial charge is 0.493 e. The highest BCUT2D eigenvalue weighted by molar-refractivity contribution is 5.88. The van der Waals surface area contributed by atoms with Gasteiger partial charge in [-0.15, -0.1) is 0 Å². The van der Waals surface area contributed by atoms with Gasteiger partial charge in [0, 0.05) is 0 Å². The molecule has 0 atom stereocenters. The van der Waals surface area contributed by atoms with Gasteiger partial charge in [-0.05, 0) is 29.0 Å². The Balaban J connectivity index is 1.64. The highest BCUT2D eigenvalue weighted by Crippen LogP contribution is 2.33. The van der Waals surface area contributed by atoms with E-state index in [2.05, 4.69) is 10.5 Å². The lowest BCUT2D eigenvalue weighted by molar-refractivity contribution is -0.385. The average molecular weight is 409 g/mol. The van der Waals surface area contributed by atoms with Crippen molar-refractivity contribution in [1.82, 2.24) is 5.43 Å². The Morgan fingerprint density at radius 3 is 2.47 bits per heavy atom. The van der Waals surface area contributed by atoms with Gasteiger partial charge < -0.3 is 14.2 Å².